The summed E-state index contributed by atoms with van der Waals surface area (Å²) in [7, 11) is 2.85. The average molecular weight is 493 g/mol. The van der Waals surface area contributed by atoms with Crippen molar-refractivity contribution >= 4 is 51.7 Å². The number of nitrogens with one attached hydrogen (secondary N) is 1. The van der Waals surface area contributed by atoms with Gasteiger partial charge in [-0.05, 0) is 12.1 Å². The molecule has 0 spiro atoms. The van der Waals surface area contributed by atoms with Crippen LogP contribution in [0, 0.1) is 10.1 Å². The third kappa shape index (κ3) is 4.91. The minimum Gasteiger partial charge on any atom is -0.320 e. The Morgan fingerprint density at radius 3 is 2.48 bits per heavy atom. The fraction of sp³-hybridized carbons (Fsp3) is 0.350. The Kier molecular flexibility index (Phi) is 6.61. The molecule has 1 amide bonds. The Morgan fingerprint density at radius 1 is 1.21 bits per heavy atom. The van der Waals surface area contributed by atoms with Crippen molar-refractivity contribution in [2.24, 2.45) is 14.1 Å². The topological polar surface area (TPSA) is 142 Å². The summed E-state index contributed by atoms with van der Waals surface area (Å²) in [5.41, 5.74) is -1.79. The van der Waals surface area contributed by atoms with Crippen LogP contribution in [0.15, 0.2) is 32.8 Å². The standard InChI is InChI=1S/C20H21ClN6O5S/c1-20(2,3)18-23-15-14(17(29)26(5)19(30)25(15)4)16(24-18)33-9-13(28)22-11-8-10(21)6-7-12(11)27(31)32/h6-8H,9H2,1-5H3,(H,22,28). The largest absolute Gasteiger partial charge is 0.332 e. The third-order valence-corrected chi connectivity index (χ3v) is 5.92. The lowest BCUT2D eigenvalue weighted by molar-refractivity contribution is -0.383. The maximum atomic E-state index is 12.8. The molecule has 1 N–H and O–H groups in total. The quantitative estimate of drug-likeness (QED) is 0.248. The molecule has 2 heterocycles. The first-order valence-electron chi connectivity index (χ1n) is 9.66. The normalized spacial score (nSPS) is 11.6. The highest BCUT2D eigenvalue weighted by Crippen LogP contribution is 2.29. The molecule has 0 aliphatic carbocycles. The van der Waals surface area contributed by atoms with Crippen LogP contribution >= 0.6 is 23.4 Å². The van der Waals surface area contributed by atoms with Crippen LogP contribution in [0.3, 0.4) is 0 Å². The Labute approximate surface area is 197 Å². The van der Waals surface area contributed by atoms with Gasteiger partial charge in [0, 0.05) is 30.6 Å². The number of nitro groups is 1. The molecule has 3 aromatic rings. The minimum absolute atomic E-state index is 0.0423. The van der Waals surface area contributed by atoms with Crippen molar-refractivity contribution in [1.29, 1.82) is 0 Å². The fourth-order valence-electron chi connectivity index (χ4n) is 2.96. The summed E-state index contributed by atoms with van der Waals surface area (Å²) in [6, 6.07) is 3.83. The Balaban J connectivity index is 2.02. The highest BCUT2D eigenvalue weighted by Gasteiger charge is 2.24. The van der Waals surface area contributed by atoms with Gasteiger partial charge in [0.15, 0.2) is 5.65 Å². The molecule has 0 unspecified atom stereocenters. The number of aromatic nitrogens is 4. The molecule has 0 atom stereocenters. The van der Waals surface area contributed by atoms with Crippen LogP contribution in [0.25, 0.3) is 11.0 Å². The van der Waals surface area contributed by atoms with Gasteiger partial charge in [-0.25, -0.2) is 14.8 Å². The molecule has 0 saturated heterocycles. The Bertz CT molecular complexity index is 1410. The number of fused-ring (bicyclic) bond motifs is 1. The van der Waals surface area contributed by atoms with Gasteiger partial charge in [0.1, 0.15) is 21.9 Å². The van der Waals surface area contributed by atoms with Crippen molar-refractivity contribution in [3.05, 3.63) is 60.0 Å². The SMILES string of the molecule is Cn1c(=O)c2c(SCC(=O)Nc3cc(Cl)ccc3[N+](=O)[O-])nc(C(C)(C)C)nc2n(C)c1=O. The van der Waals surface area contributed by atoms with Crippen LogP contribution in [0.2, 0.25) is 5.02 Å². The van der Waals surface area contributed by atoms with E-state index in [4.69, 9.17) is 11.6 Å². The highest BCUT2D eigenvalue weighted by atomic mass is 35.5. The molecule has 0 saturated carbocycles. The molecular formula is C20H21ClN6O5S. The number of hydrogen-bond acceptors (Lipinski definition) is 8. The van der Waals surface area contributed by atoms with Gasteiger partial charge in [0.05, 0.1) is 10.7 Å². The van der Waals surface area contributed by atoms with E-state index < -0.39 is 27.5 Å². The third-order valence-electron chi connectivity index (χ3n) is 4.71. The first-order valence-corrected chi connectivity index (χ1v) is 11.0. The number of halogens is 1. The van der Waals surface area contributed by atoms with Crippen LogP contribution < -0.4 is 16.6 Å². The van der Waals surface area contributed by atoms with E-state index in [0.29, 0.717) is 5.82 Å². The highest BCUT2D eigenvalue weighted by molar-refractivity contribution is 8.00. The first-order chi connectivity index (χ1) is 15.3. The van der Waals surface area contributed by atoms with Gasteiger partial charge < -0.3 is 5.32 Å². The number of carbonyl (C=O) groups excluding carboxylic acids is 1. The van der Waals surface area contributed by atoms with Crippen LogP contribution in [0.4, 0.5) is 11.4 Å². The van der Waals surface area contributed by atoms with Crippen LogP contribution in [0.5, 0.6) is 0 Å². The Hall–Kier alpha value is -3.25. The number of amides is 1. The number of nitro benzene ring substituents is 1. The smallest absolute Gasteiger partial charge is 0.320 e. The van der Waals surface area contributed by atoms with Crippen molar-refractivity contribution in [2.75, 3.05) is 11.1 Å². The molecule has 3 rings (SSSR count). The van der Waals surface area contributed by atoms with Gasteiger partial charge in [-0.1, -0.05) is 44.1 Å². The number of hydrogen-bond donors (Lipinski definition) is 1. The zero-order valence-corrected chi connectivity index (χ0v) is 20.1. The maximum Gasteiger partial charge on any atom is 0.332 e. The number of carbonyl (C=O) groups is 1. The zero-order chi connectivity index (χ0) is 24.7. The van der Waals surface area contributed by atoms with Gasteiger partial charge >= 0.3 is 5.69 Å². The number of nitrogens with zero attached hydrogens (tertiary/aromatic N) is 5. The average Bonchev–Trinajstić information content (AvgIpc) is 2.73. The van der Waals surface area contributed by atoms with E-state index in [2.05, 4.69) is 15.3 Å². The lowest BCUT2D eigenvalue weighted by atomic mass is 9.96. The van der Waals surface area contributed by atoms with Gasteiger partial charge in [0.25, 0.3) is 11.2 Å². The molecule has 0 bridgehead atoms. The van der Waals surface area contributed by atoms with Crippen LogP contribution in [-0.4, -0.2) is 35.7 Å². The summed E-state index contributed by atoms with van der Waals surface area (Å²) in [6.07, 6.45) is 0. The minimum atomic E-state index is -0.628. The van der Waals surface area contributed by atoms with Crippen LogP contribution in [0.1, 0.15) is 26.6 Å². The molecule has 13 heteroatoms. The molecule has 1 aromatic carbocycles. The van der Waals surface area contributed by atoms with Gasteiger partial charge in [0.2, 0.25) is 5.91 Å². The monoisotopic (exact) mass is 492 g/mol. The molecule has 0 fully saturated rings. The molecule has 0 aliphatic heterocycles. The molecule has 11 nitrogen and oxygen atoms in total. The number of benzene rings is 1. The van der Waals surface area contributed by atoms with E-state index in [1.807, 2.05) is 20.8 Å². The van der Waals surface area contributed by atoms with E-state index in [0.717, 1.165) is 16.3 Å². The maximum absolute atomic E-state index is 12.8. The van der Waals surface area contributed by atoms with E-state index in [1.165, 1.54) is 36.9 Å². The van der Waals surface area contributed by atoms with Crippen molar-refractivity contribution < 1.29 is 9.72 Å². The van der Waals surface area contributed by atoms with E-state index in [9.17, 15) is 24.5 Å². The summed E-state index contributed by atoms with van der Waals surface area (Å²) < 4.78 is 2.20. The fourth-order valence-corrected chi connectivity index (χ4v) is 3.94. The second-order valence-corrected chi connectivity index (χ2v) is 9.66. The Morgan fingerprint density at radius 2 is 1.88 bits per heavy atom. The zero-order valence-electron chi connectivity index (χ0n) is 18.5. The number of thioether (sulfide) groups is 1. The van der Waals surface area contributed by atoms with Crippen LogP contribution in [-0.2, 0) is 24.3 Å². The van der Waals surface area contributed by atoms with Crippen molar-refractivity contribution in [1.82, 2.24) is 19.1 Å². The molecule has 0 aliphatic rings. The van der Waals surface area contributed by atoms with E-state index in [1.54, 1.807) is 0 Å². The molecule has 2 aromatic heterocycles. The number of aryl methyl sites for hydroxylation is 1. The second kappa shape index (κ2) is 8.94. The number of anilines is 1. The summed E-state index contributed by atoms with van der Waals surface area (Å²) in [6.45, 7) is 5.65. The van der Waals surface area contributed by atoms with E-state index >= 15 is 0 Å². The van der Waals surface area contributed by atoms with Gasteiger partial charge in [-0.15, -0.1) is 0 Å². The predicted molar refractivity (Wildman–Crippen MR) is 126 cm³/mol. The van der Waals surface area contributed by atoms with Crippen molar-refractivity contribution in [2.45, 2.75) is 31.2 Å². The first kappa shape index (κ1) is 24.4. The predicted octanol–water partition coefficient (Wildman–Crippen LogP) is 2.62. The lowest BCUT2D eigenvalue weighted by Crippen LogP contribution is -2.38. The van der Waals surface area contributed by atoms with Gasteiger partial charge in [-0.2, -0.15) is 0 Å². The molecule has 33 heavy (non-hydrogen) atoms. The molecular weight excluding hydrogens is 472 g/mol. The molecule has 0 radical (unpaired) electrons. The summed E-state index contributed by atoms with van der Waals surface area (Å²) in [5, 5.41) is 14.3. The summed E-state index contributed by atoms with van der Waals surface area (Å²) in [4.78, 5) is 57.3. The number of rotatable bonds is 5. The second-order valence-electron chi connectivity index (χ2n) is 8.26. The van der Waals surface area contributed by atoms with Gasteiger partial charge in [-0.3, -0.25) is 28.8 Å². The molecule has 174 valence electrons. The summed E-state index contributed by atoms with van der Waals surface area (Å²) >= 11 is 6.87. The van der Waals surface area contributed by atoms with E-state index in [-0.39, 0.29) is 38.2 Å². The van der Waals surface area contributed by atoms with Crippen molar-refractivity contribution in [3.8, 4) is 0 Å². The lowest BCUT2D eigenvalue weighted by Gasteiger charge is -2.19. The van der Waals surface area contributed by atoms with Crippen molar-refractivity contribution in [3.63, 3.8) is 0 Å². The summed E-state index contributed by atoms with van der Waals surface area (Å²) in [5.74, 6) is -0.367.